The summed E-state index contributed by atoms with van der Waals surface area (Å²) >= 11 is 12.7. The number of hydrogen-bond acceptors (Lipinski definition) is 0. The van der Waals surface area contributed by atoms with Crippen molar-refractivity contribution < 1.29 is 0 Å². The van der Waals surface area contributed by atoms with Gasteiger partial charge in [-0.15, -0.1) is 0 Å². The van der Waals surface area contributed by atoms with Crippen molar-refractivity contribution >= 4 is 41.6 Å². The smallest absolute Gasteiger partial charge is 0.0843 e. The molecule has 0 aromatic heterocycles. The molecule has 114 valence electrons. The molecule has 3 aromatic rings. The third-order valence-electron chi connectivity index (χ3n) is 4.82. The van der Waals surface area contributed by atoms with Gasteiger partial charge in [0.15, 0.2) is 0 Å². The number of halogens is 2. The van der Waals surface area contributed by atoms with Gasteiger partial charge in [-0.3, -0.25) is 0 Å². The number of hydrogen-bond donors (Lipinski definition) is 0. The van der Waals surface area contributed by atoms with Crippen LogP contribution in [0.15, 0.2) is 60.7 Å². The highest BCUT2D eigenvalue weighted by Crippen LogP contribution is 2.36. The van der Waals surface area contributed by atoms with Crippen LogP contribution in [-0.2, 0) is 0 Å². The van der Waals surface area contributed by atoms with Crippen LogP contribution >= 0.6 is 23.2 Å². The quantitative estimate of drug-likeness (QED) is 0.470. The fourth-order valence-electron chi connectivity index (χ4n) is 3.63. The lowest BCUT2D eigenvalue weighted by atomic mass is 9.95. The molecular formula is C20H16Cl2Si. The maximum Gasteiger partial charge on any atom is 0.113 e. The zero-order chi connectivity index (χ0) is 16.2. The third-order valence-corrected chi connectivity index (χ3v) is 8.81. The molecule has 0 nitrogen and oxygen atoms in total. The maximum absolute atomic E-state index is 6.34. The summed E-state index contributed by atoms with van der Waals surface area (Å²) in [4.78, 5) is 0. The highest BCUT2D eigenvalue weighted by atomic mass is 35.5. The first kappa shape index (κ1) is 15.0. The first-order valence-electron chi connectivity index (χ1n) is 7.68. The van der Waals surface area contributed by atoms with Crippen molar-refractivity contribution in [1.29, 1.82) is 0 Å². The number of rotatable bonds is 0. The lowest BCUT2D eigenvalue weighted by Gasteiger charge is -2.26. The minimum Gasteiger partial charge on any atom is -0.0843 e. The first-order valence-corrected chi connectivity index (χ1v) is 11.4. The van der Waals surface area contributed by atoms with Gasteiger partial charge in [-0.05, 0) is 56.9 Å². The second kappa shape index (κ2) is 5.24. The van der Waals surface area contributed by atoms with Crippen molar-refractivity contribution in [3.8, 4) is 22.3 Å². The van der Waals surface area contributed by atoms with Crippen LogP contribution in [0.5, 0.6) is 0 Å². The molecule has 4 rings (SSSR count). The van der Waals surface area contributed by atoms with Gasteiger partial charge >= 0.3 is 0 Å². The summed E-state index contributed by atoms with van der Waals surface area (Å²) in [6.45, 7) is 4.76. The van der Waals surface area contributed by atoms with E-state index in [0.29, 0.717) is 0 Å². The fourth-order valence-corrected chi connectivity index (χ4v) is 7.27. The van der Waals surface area contributed by atoms with Gasteiger partial charge in [-0.1, -0.05) is 72.7 Å². The molecule has 23 heavy (non-hydrogen) atoms. The van der Waals surface area contributed by atoms with E-state index < -0.39 is 8.07 Å². The Morgan fingerprint density at radius 2 is 1.04 bits per heavy atom. The van der Waals surface area contributed by atoms with E-state index in [0.717, 1.165) is 10.0 Å². The van der Waals surface area contributed by atoms with Gasteiger partial charge < -0.3 is 0 Å². The average Bonchev–Trinajstić information content (AvgIpc) is 2.61. The van der Waals surface area contributed by atoms with Gasteiger partial charge in [0.1, 0.15) is 8.07 Å². The van der Waals surface area contributed by atoms with Crippen LogP contribution in [0, 0.1) is 0 Å². The van der Waals surface area contributed by atoms with Crippen LogP contribution in [0.1, 0.15) is 0 Å². The summed E-state index contributed by atoms with van der Waals surface area (Å²) < 4.78 is 0. The molecule has 1 heterocycles. The molecule has 0 saturated carbocycles. The molecule has 1 aliphatic rings. The number of fused-ring (bicyclic) bond motifs is 5. The van der Waals surface area contributed by atoms with Gasteiger partial charge in [-0.25, -0.2) is 0 Å². The summed E-state index contributed by atoms with van der Waals surface area (Å²) in [5.74, 6) is 0. The zero-order valence-electron chi connectivity index (χ0n) is 13.0. The molecule has 3 heteroatoms. The Morgan fingerprint density at radius 3 is 1.48 bits per heavy atom. The van der Waals surface area contributed by atoms with Crippen LogP contribution in [-0.4, -0.2) is 8.07 Å². The Hall–Kier alpha value is -1.54. The van der Waals surface area contributed by atoms with Gasteiger partial charge in [0.05, 0.1) is 0 Å². The monoisotopic (exact) mass is 354 g/mol. The van der Waals surface area contributed by atoms with Crippen molar-refractivity contribution in [3.05, 3.63) is 70.7 Å². The SMILES string of the molecule is C[Si]1(C)c2cc(Cl)ccc2-c2ccccc2-c2ccc(Cl)cc21. The molecule has 1 aliphatic heterocycles. The summed E-state index contributed by atoms with van der Waals surface area (Å²) in [5.41, 5.74) is 5.16. The van der Waals surface area contributed by atoms with E-state index in [1.54, 1.807) is 0 Å². The molecule has 0 saturated heterocycles. The van der Waals surface area contributed by atoms with E-state index in [4.69, 9.17) is 23.2 Å². The van der Waals surface area contributed by atoms with Gasteiger partial charge in [0.25, 0.3) is 0 Å². The predicted molar refractivity (Wildman–Crippen MR) is 104 cm³/mol. The largest absolute Gasteiger partial charge is 0.113 e. The van der Waals surface area contributed by atoms with E-state index in [2.05, 4.69) is 61.6 Å². The van der Waals surface area contributed by atoms with Crippen LogP contribution in [0.3, 0.4) is 0 Å². The minimum atomic E-state index is -1.91. The molecule has 0 radical (unpaired) electrons. The fraction of sp³-hybridized carbons (Fsp3) is 0.100. The van der Waals surface area contributed by atoms with Crippen LogP contribution < -0.4 is 10.4 Å². The Kier molecular flexibility index (Phi) is 3.42. The van der Waals surface area contributed by atoms with E-state index >= 15 is 0 Å². The van der Waals surface area contributed by atoms with E-state index in [1.807, 2.05) is 12.1 Å². The van der Waals surface area contributed by atoms with Gasteiger partial charge in [0.2, 0.25) is 0 Å². The normalized spacial score (nSPS) is 14.4. The Bertz CT molecular complexity index is 854. The minimum absolute atomic E-state index is 0.798. The highest BCUT2D eigenvalue weighted by Gasteiger charge is 2.35. The zero-order valence-corrected chi connectivity index (χ0v) is 15.5. The molecule has 0 amide bonds. The van der Waals surface area contributed by atoms with E-state index in [1.165, 1.54) is 32.6 Å². The van der Waals surface area contributed by atoms with Crippen LogP contribution in [0.2, 0.25) is 23.1 Å². The molecule has 0 atom stereocenters. The Balaban J connectivity index is 2.20. The second-order valence-corrected chi connectivity index (χ2v) is 11.8. The molecule has 0 fully saturated rings. The standard InChI is InChI=1S/C20H16Cl2Si/c1-23(2)19-11-13(21)7-9-17(19)15-5-3-4-6-16(15)18-10-8-14(22)12-20(18)23/h3-12H,1-2H3. The van der Waals surface area contributed by atoms with Crippen molar-refractivity contribution in [2.75, 3.05) is 0 Å². The van der Waals surface area contributed by atoms with Crippen molar-refractivity contribution in [2.45, 2.75) is 13.1 Å². The van der Waals surface area contributed by atoms with Crippen molar-refractivity contribution in [2.24, 2.45) is 0 Å². The molecule has 0 unspecified atom stereocenters. The summed E-state index contributed by atoms with van der Waals surface area (Å²) in [7, 11) is -1.91. The lowest BCUT2D eigenvalue weighted by molar-refractivity contribution is 1.62. The molecule has 0 spiro atoms. The van der Waals surface area contributed by atoms with Crippen LogP contribution in [0.4, 0.5) is 0 Å². The summed E-state index contributed by atoms with van der Waals surface area (Å²) in [5, 5.41) is 4.34. The van der Waals surface area contributed by atoms with Crippen molar-refractivity contribution in [1.82, 2.24) is 0 Å². The molecule has 0 bridgehead atoms. The summed E-state index contributed by atoms with van der Waals surface area (Å²) in [6.07, 6.45) is 0. The molecule has 3 aromatic carbocycles. The first-order chi connectivity index (χ1) is 11.0. The molecule has 0 aliphatic carbocycles. The second-order valence-electron chi connectivity index (χ2n) is 6.55. The Morgan fingerprint density at radius 1 is 0.609 bits per heavy atom. The lowest BCUT2D eigenvalue weighted by Crippen LogP contribution is -2.53. The highest BCUT2D eigenvalue weighted by molar-refractivity contribution is 7.02. The van der Waals surface area contributed by atoms with E-state index in [-0.39, 0.29) is 0 Å². The third kappa shape index (κ3) is 2.27. The van der Waals surface area contributed by atoms with Crippen molar-refractivity contribution in [3.63, 3.8) is 0 Å². The maximum atomic E-state index is 6.34. The average molecular weight is 355 g/mol. The topological polar surface area (TPSA) is 0 Å². The predicted octanol–water partition coefficient (Wildman–Crippen LogP) is 5.46. The van der Waals surface area contributed by atoms with Gasteiger partial charge in [-0.2, -0.15) is 0 Å². The van der Waals surface area contributed by atoms with E-state index in [9.17, 15) is 0 Å². The van der Waals surface area contributed by atoms with Gasteiger partial charge in [0, 0.05) is 10.0 Å². The molecule has 0 N–H and O–H groups in total. The van der Waals surface area contributed by atoms with Crippen LogP contribution in [0.25, 0.3) is 22.3 Å². The number of benzene rings is 3. The Labute approximate surface area is 147 Å². The summed E-state index contributed by atoms with van der Waals surface area (Å²) in [6, 6.07) is 21.2. The molecular weight excluding hydrogens is 339 g/mol.